The molecular formula is C22H18Cl3NO4S. The average molecular weight is 499 g/mol. The van der Waals surface area contributed by atoms with Crippen LogP contribution < -0.4 is 10.1 Å². The first kappa shape index (κ1) is 23.4. The van der Waals surface area contributed by atoms with Crippen LogP contribution in [0.4, 0.5) is 5.00 Å². The summed E-state index contributed by atoms with van der Waals surface area (Å²) in [6, 6.07) is 12.0. The Bertz CT molecular complexity index is 1080. The first-order valence-corrected chi connectivity index (χ1v) is 11.2. The lowest BCUT2D eigenvalue weighted by molar-refractivity contribution is -0.116. The van der Waals surface area contributed by atoms with Gasteiger partial charge in [-0.25, -0.2) is 4.79 Å². The maximum atomic E-state index is 12.4. The lowest BCUT2D eigenvalue weighted by Crippen LogP contribution is -2.15. The van der Waals surface area contributed by atoms with Gasteiger partial charge in [-0.15, -0.1) is 11.3 Å². The minimum atomic E-state index is -0.526. The van der Waals surface area contributed by atoms with Gasteiger partial charge in [0.2, 0.25) is 5.91 Å². The molecule has 1 amide bonds. The minimum absolute atomic E-state index is 0.208. The van der Waals surface area contributed by atoms with Gasteiger partial charge in [-0.2, -0.15) is 0 Å². The third-order valence-corrected chi connectivity index (χ3v) is 5.97. The van der Waals surface area contributed by atoms with Crippen molar-refractivity contribution in [1.29, 1.82) is 0 Å². The summed E-state index contributed by atoms with van der Waals surface area (Å²) in [7, 11) is 1.30. The number of anilines is 1. The topological polar surface area (TPSA) is 64.6 Å². The smallest absolute Gasteiger partial charge is 0.341 e. The van der Waals surface area contributed by atoms with E-state index in [-0.39, 0.29) is 12.3 Å². The number of hydrogen-bond donors (Lipinski definition) is 1. The number of ether oxygens (including phenoxy) is 2. The Labute approximate surface area is 198 Å². The first-order chi connectivity index (χ1) is 14.9. The third kappa shape index (κ3) is 6.14. The molecular weight excluding hydrogens is 481 g/mol. The molecule has 0 saturated heterocycles. The van der Waals surface area contributed by atoms with E-state index in [1.54, 1.807) is 35.7 Å². The van der Waals surface area contributed by atoms with Gasteiger partial charge in [0.25, 0.3) is 0 Å². The highest BCUT2D eigenvalue weighted by molar-refractivity contribution is 7.15. The molecule has 1 heterocycles. The molecule has 0 aliphatic carbocycles. The molecule has 0 unspecified atom stereocenters. The zero-order valence-electron chi connectivity index (χ0n) is 16.4. The second-order valence-corrected chi connectivity index (χ2v) is 8.59. The van der Waals surface area contributed by atoms with Crippen LogP contribution in [-0.4, -0.2) is 25.6 Å². The maximum Gasteiger partial charge on any atom is 0.341 e. The number of carbonyl (C=O) groups excluding carboxylic acids is 2. The molecule has 0 bridgehead atoms. The van der Waals surface area contributed by atoms with Gasteiger partial charge in [0.1, 0.15) is 16.3 Å². The summed E-state index contributed by atoms with van der Waals surface area (Å²) in [4.78, 5) is 24.8. The lowest BCUT2D eigenvalue weighted by Gasteiger charge is -2.09. The maximum absolute atomic E-state index is 12.4. The highest BCUT2D eigenvalue weighted by atomic mass is 35.5. The Morgan fingerprint density at radius 2 is 1.74 bits per heavy atom. The van der Waals surface area contributed by atoms with E-state index >= 15 is 0 Å². The molecule has 0 fully saturated rings. The van der Waals surface area contributed by atoms with Gasteiger partial charge in [0.15, 0.2) is 0 Å². The zero-order valence-corrected chi connectivity index (χ0v) is 19.5. The second kappa shape index (κ2) is 10.9. The quantitative estimate of drug-likeness (QED) is 0.269. The Hall–Kier alpha value is -2.25. The van der Waals surface area contributed by atoms with Gasteiger partial charge in [0, 0.05) is 27.4 Å². The van der Waals surface area contributed by atoms with E-state index in [2.05, 4.69) is 5.32 Å². The molecule has 31 heavy (non-hydrogen) atoms. The summed E-state index contributed by atoms with van der Waals surface area (Å²) in [5.74, 6) is -0.256. The Morgan fingerprint density at radius 1 is 1.03 bits per heavy atom. The average Bonchev–Trinajstić information content (AvgIpc) is 3.15. The van der Waals surface area contributed by atoms with Crippen LogP contribution in [0.15, 0.2) is 47.8 Å². The van der Waals surface area contributed by atoms with Gasteiger partial charge in [-0.1, -0.05) is 46.9 Å². The molecule has 1 N–H and O–H groups in total. The van der Waals surface area contributed by atoms with Crippen molar-refractivity contribution < 1.29 is 19.1 Å². The molecule has 9 heteroatoms. The molecule has 5 nitrogen and oxygen atoms in total. The zero-order chi connectivity index (χ0) is 22.4. The highest BCUT2D eigenvalue weighted by Gasteiger charge is 2.22. The van der Waals surface area contributed by atoms with E-state index in [1.165, 1.54) is 18.4 Å². The van der Waals surface area contributed by atoms with Crippen molar-refractivity contribution in [2.24, 2.45) is 0 Å². The number of hydrogen-bond acceptors (Lipinski definition) is 5. The fraction of sp³-hybridized carbons (Fsp3) is 0.182. The molecule has 0 aliphatic rings. The van der Waals surface area contributed by atoms with Gasteiger partial charge < -0.3 is 14.8 Å². The minimum Gasteiger partial charge on any atom is -0.492 e. The van der Waals surface area contributed by atoms with Crippen LogP contribution in [0.2, 0.25) is 15.1 Å². The van der Waals surface area contributed by atoms with Gasteiger partial charge >= 0.3 is 5.97 Å². The SMILES string of the molecule is COC(=O)c1c(-c2ccc(Cl)cc2)csc1NC(=O)CCCOc1ccc(Cl)cc1Cl. The van der Waals surface area contributed by atoms with Crippen molar-refractivity contribution in [2.45, 2.75) is 12.8 Å². The van der Waals surface area contributed by atoms with Gasteiger partial charge in [-0.3, -0.25) is 4.79 Å². The highest BCUT2D eigenvalue weighted by Crippen LogP contribution is 2.36. The Morgan fingerprint density at radius 3 is 2.42 bits per heavy atom. The number of rotatable bonds is 8. The summed E-state index contributed by atoms with van der Waals surface area (Å²) in [6.07, 6.45) is 0.674. The Kier molecular flexibility index (Phi) is 8.21. The van der Waals surface area contributed by atoms with Crippen molar-refractivity contribution in [1.82, 2.24) is 0 Å². The summed E-state index contributed by atoms with van der Waals surface area (Å²) in [5.41, 5.74) is 1.78. The molecule has 0 spiro atoms. The van der Waals surface area contributed by atoms with Crippen LogP contribution in [0, 0.1) is 0 Å². The van der Waals surface area contributed by atoms with E-state index in [9.17, 15) is 9.59 Å². The van der Waals surface area contributed by atoms with Crippen molar-refractivity contribution >= 4 is 63.0 Å². The van der Waals surface area contributed by atoms with Crippen molar-refractivity contribution in [2.75, 3.05) is 19.0 Å². The number of carbonyl (C=O) groups is 2. The van der Waals surface area contributed by atoms with E-state index in [1.807, 2.05) is 12.1 Å². The number of methoxy groups -OCH3 is 1. The molecule has 3 rings (SSSR count). The van der Waals surface area contributed by atoms with E-state index < -0.39 is 5.97 Å². The number of amides is 1. The predicted molar refractivity (Wildman–Crippen MR) is 126 cm³/mol. The van der Waals surface area contributed by atoms with Crippen molar-refractivity contribution in [3.05, 3.63) is 68.5 Å². The number of benzene rings is 2. The predicted octanol–water partition coefficient (Wildman–Crippen LogP) is 6.96. The monoisotopic (exact) mass is 497 g/mol. The van der Waals surface area contributed by atoms with Crippen molar-refractivity contribution in [3.8, 4) is 16.9 Å². The van der Waals surface area contributed by atoms with E-state index in [4.69, 9.17) is 44.3 Å². The molecule has 2 aromatic carbocycles. The van der Waals surface area contributed by atoms with E-state index in [0.29, 0.717) is 50.0 Å². The molecule has 0 saturated carbocycles. The standard InChI is InChI=1S/C22H18Cl3NO4S/c1-29-22(28)20-16(13-4-6-14(23)7-5-13)12-31-21(20)26-19(27)3-2-10-30-18-9-8-15(24)11-17(18)25/h4-9,11-12H,2-3,10H2,1H3,(H,26,27). The molecule has 162 valence electrons. The van der Waals surface area contributed by atoms with Crippen LogP contribution in [0.5, 0.6) is 5.75 Å². The van der Waals surface area contributed by atoms with Gasteiger partial charge in [0.05, 0.1) is 18.7 Å². The molecule has 1 aromatic heterocycles. The van der Waals surface area contributed by atoms with E-state index in [0.717, 1.165) is 5.56 Å². The lowest BCUT2D eigenvalue weighted by atomic mass is 10.0. The number of nitrogens with one attached hydrogen (secondary N) is 1. The van der Waals surface area contributed by atoms with Crippen LogP contribution in [0.25, 0.3) is 11.1 Å². The largest absolute Gasteiger partial charge is 0.492 e. The second-order valence-electron chi connectivity index (χ2n) is 6.43. The fourth-order valence-electron chi connectivity index (χ4n) is 2.79. The Balaban J connectivity index is 1.62. The molecule has 0 aliphatic heterocycles. The van der Waals surface area contributed by atoms with Crippen LogP contribution >= 0.6 is 46.1 Å². The van der Waals surface area contributed by atoms with Crippen LogP contribution in [-0.2, 0) is 9.53 Å². The summed E-state index contributed by atoms with van der Waals surface area (Å²) in [5, 5.41) is 6.56. The fourth-order valence-corrected chi connectivity index (χ4v) is 4.36. The third-order valence-electron chi connectivity index (χ3n) is 4.29. The van der Waals surface area contributed by atoms with Crippen molar-refractivity contribution in [3.63, 3.8) is 0 Å². The molecule has 0 atom stereocenters. The van der Waals surface area contributed by atoms with Crippen LogP contribution in [0.1, 0.15) is 23.2 Å². The van der Waals surface area contributed by atoms with Gasteiger partial charge in [-0.05, 0) is 42.3 Å². The van der Waals surface area contributed by atoms with Crippen LogP contribution in [0.3, 0.4) is 0 Å². The normalized spacial score (nSPS) is 10.6. The number of halogens is 3. The molecule has 3 aromatic rings. The first-order valence-electron chi connectivity index (χ1n) is 9.22. The summed E-state index contributed by atoms with van der Waals surface area (Å²) >= 11 is 19.1. The number of thiophene rings is 1. The number of esters is 1. The molecule has 0 radical (unpaired) electrons. The summed E-state index contributed by atoms with van der Waals surface area (Å²) < 4.78 is 10.5. The summed E-state index contributed by atoms with van der Waals surface area (Å²) in [6.45, 7) is 0.305.